The first-order valence-corrected chi connectivity index (χ1v) is 9.32. The monoisotopic (exact) mass is 278 g/mol. The van der Waals surface area contributed by atoms with Gasteiger partial charge in [-0.15, -0.1) is 47.0 Å². The molecule has 3 aliphatic rings. The Morgan fingerprint density at radius 1 is 0.800 bits per heavy atom. The molecular weight excluding hydrogens is 264 g/mol. The molecule has 1 aliphatic carbocycles. The van der Waals surface area contributed by atoms with Crippen molar-refractivity contribution in [3.8, 4) is 0 Å². The molecule has 84 valence electrons. The first-order chi connectivity index (χ1) is 7.28. The van der Waals surface area contributed by atoms with Crippen LogP contribution >= 0.6 is 47.0 Å². The Hall–Kier alpha value is 1.07. The summed E-state index contributed by atoms with van der Waals surface area (Å²) in [5.74, 6) is 5.28. The zero-order valence-corrected chi connectivity index (χ0v) is 11.8. The smallest absolute Gasteiger partial charge is 0.185 e. The molecule has 2 saturated heterocycles. The second-order valence-electron chi connectivity index (χ2n) is 4.11. The van der Waals surface area contributed by atoms with Crippen molar-refractivity contribution in [3.05, 3.63) is 0 Å². The summed E-state index contributed by atoms with van der Waals surface area (Å²) >= 11 is 7.66. The minimum absolute atomic E-state index is 0.0183. The van der Waals surface area contributed by atoms with E-state index in [4.69, 9.17) is 0 Å². The van der Waals surface area contributed by atoms with Gasteiger partial charge in [-0.2, -0.15) is 0 Å². The van der Waals surface area contributed by atoms with Crippen LogP contribution in [0, 0.1) is 0 Å². The number of rotatable bonds is 0. The third-order valence-electron chi connectivity index (χ3n) is 3.08. The molecule has 2 aliphatic heterocycles. The zero-order chi connectivity index (χ0) is 10.4. The van der Waals surface area contributed by atoms with Crippen molar-refractivity contribution in [3.63, 3.8) is 0 Å². The van der Waals surface area contributed by atoms with Gasteiger partial charge in [0.25, 0.3) is 0 Å². The zero-order valence-electron chi connectivity index (χ0n) is 8.49. The second kappa shape index (κ2) is 4.07. The molecule has 1 saturated carbocycles. The van der Waals surface area contributed by atoms with Gasteiger partial charge in [-0.3, -0.25) is 4.79 Å². The predicted octanol–water partition coefficient (Wildman–Crippen LogP) is 3.09. The Bertz CT molecular complexity index is 253. The lowest BCUT2D eigenvalue weighted by Gasteiger charge is -2.54. The number of thioether (sulfide) groups is 4. The molecule has 3 rings (SSSR count). The third kappa shape index (κ3) is 1.69. The second-order valence-corrected chi connectivity index (χ2v) is 10.2. The molecule has 1 nitrogen and oxygen atoms in total. The van der Waals surface area contributed by atoms with E-state index in [-0.39, 0.29) is 8.16 Å². The van der Waals surface area contributed by atoms with Crippen LogP contribution < -0.4 is 0 Å². The quantitative estimate of drug-likeness (QED) is 0.675. The summed E-state index contributed by atoms with van der Waals surface area (Å²) in [5, 5.41) is 0. The molecule has 0 aromatic carbocycles. The first kappa shape index (κ1) is 11.2. The number of Topliss-reactive ketones (excluding diaryl/α,β-unsaturated/α-hetero) is 1. The van der Waals surface area contributed by atoms with Gasteiger partial charge in [0.1, 0.15) is 8.16 Å². The van der Waals surface area contributed by atoms with Crippen LogP contribution in [0.3, 0.4) is 0 Å². The van der Waals surface area contributed by atoms with Crippen molar-refractivity contribution in [2.75, 3.05) is 23.0 Å². The Balaban J connectivity index is 1.75. The summed E-state index contributed by atoms with van der Waals surface area (Å²) in [6.07, 6.45) is 3.67. The maximum Gasteiger partial charge on any atom is 0.185 e. The molecule has 2 spiro atoms. The SMILES string of the molecule is O=C1C2(CC13SCCCS3)SCCCS2. The van der Waals surface area contributed by atoms with E-state index >= 15 is 0 Å². The topological polar surface area (TPSA) is 17.1 Å². The van der Waals surface area contributed by atoms with Crippen molar-refractivity contribution in [1.82, 2.24) is 0 Å². The highest BCUT2D eigenvalue weighted by molar-refractivity contribution is 8.24. The van der Waals surface area contributed by atoms with Crippen molar-refractivity contribution in [2.45, 2.75) is 27.4 Å². The number of hydrogen-bond donors (Lipinski definition) is 0. The van der Waals surface area contributed by atoms with Gasteiger partial charge in [0.15, 0.2) is 5.78 Å². The van der Waals surface area contributed by atoms with E-state index in [0.29, 0.717) is 5.78 Å². The number of carbonyl (C=O) groups excluding carboxylic acids is 1. The Labute approximate surface area is 108 Å². The summed E-state index contributed by atoms with van der Waals surface area (Å²) < 4.78 is -0.0365. The largest absolute Gasteiger partial charge is 0.295 e. The van der Waals surface area contributed by atoms with Crippen LogP contribution in [0.2, 0.25) is 0 Å². The summed E-state index contributed by atoms with van der Waals surface area (Å²) in [7, 11) is 0. The lowest BCUT2D eigenvalue weighted by molar-refractivity contribution is -0.124. The van der Waals surface area contributed by atoms with Crippen LogP contribution in [-0.4, -0.2) is 37.0 Å². The summed E-state index contributed by atoms with van der Waals surface area (Å²) in [6, 6.07) is 0. The van der Waals surface area contributed by atoms with Crippen LogP contribution in [0.25, 0.3) is 0 Å². The molecule has 0 atom stereocenters. The molecular formula is C10H14OS4. The highest BCUT2D eigenvalue weighted by Gasteiger charge is 2.65. The van der Waals surface area contributed by atoms with Gasteiger partial charge in [-0.1, -0.05) is 0 Å². The van der Waals surface area contributed by atoms with Crippen LogP contribution in [0.1, 0.15) is 19.3 Å². The molecule has 0 aromatic rings. The van der Waals surface area contributed by atoms with Crippen LogP contribution in [0.4, 0.5) is 0 Å². The number of ketones is 1. The summed E-state index contributed by atoms with van der Waals surface area (Å²) in [5.41, 5.74) is 0. The Morgan fingerprint density at radius 2 is 1.20 bits per heavy atom. The fourth-order valence-corrected chi connectivity index (χ4v) is 9.89. The van der Waals surface area contributed by atoms with E-state index in [2.05, 4.69) is 0 Å². The van der Waals surface area contributed by atoms with E-state index in [1.54, 1.807) is 0 Å². The molecule has 0 aromatic heterocycles. The third-order valence-corrected chi connectivity index (χ3v) is 9.65. The van der Waals surface area contributed by atoms with Gasteiger partial charge >= 0.3 is 0 Å². The van der Waals surface area contributed by atoms with E-state index in [1.165, 1.54) is 35.9 Å². The van der Waals surface area contributed by atoms with Gasteiger partial charge in [0.05, 0.1) is 0 Å². The van der Waals surface area contributed by atoms with Gasteiger partial charge in [-0.05, 0) is 35.9 Å². The minimum Gasteiger partial charge on any atom is -0.295 e. The van der Waals surface area contributed by atoms with E-state index < -0.39 is 0 Å². The molecule has 0 amide bonds. The molecule has 0 unspecified atom stereocenters. The van der Waals surface area contributed by atoms with Crippen LogP contribution in [0.5, 0.6) is 0 Å². The Kier molecular flexibility index (Phi) is 3.03. The number of carbonyl (C=O) groups is 1. The van der Waals surface area contributed by atoms with E-state index in [1.807, 2.05) is 47.0 Å². The van der Waals surface area contributed by atoms with E-state index in [9.17, 15) is 4.79 Å². The standard InChI is InChI=1S/C10H14OS4/c11-8-9(12-3-1-4-13-9)7-10(8)14-5-2-6-15-10/h1-7H2. The fraction of sp³-hybridized carbons (Fsp3) is 0.900. The molecule has 0 bridgehead atoms. The highest BCUT2D eigenvalue weighted by atomic mass is 32.2. The predicted molar refractivity (Wildman–Crippen MR) is 74.2 cm³/mol. The van der Waals surface area contributed by atoms with Gasteiger partial charge < -0.3 is 0 Å². The highest BCUT2D eigenvalue weighted by Crippen LogP contribution is 2.66. The molecule has 5 heteroatoms. The average molecular weight is 278 g/mol. The van der Waals surface area contributed by atoms with Gasteiger partial charge in [0.2, 0.25) is 0 Å². The lowest BCUT2D eigenvalue weighted by atomic mass is 9.94. The molecule has 0 radical (unpaired) electrons. The minimum atomic E-state index is -0.0183. The van der Waals surface area contributed by atoms with Crippen LogP contribution in [0.15, 0.2) is 0 Å². The molecule has 2 heterocycles. The van der Waals surface area contributed by atoms with Crippen molar-refractivity contribution >= 4 is 52.8 Å². The lowest BCUT2D eigenvalue weighted by Crippen LogP contribution is -2.61. The number of hydrogen-bond acceptors (Lipinski definition) is 5. The average Bonchev–Trinajstić information content (AvgIpc) is 2.31. The molecule has 3 fully saturated rings. The van der Waals surface area contributed by atoms with Crippen molar-refractivity contribution in [2.24, 2.45) is 0 Å². The van der Waals surface area contributed by atoms with Crippen molar-refractivity contribution in [1.29, 1.82) is 0 Å². The normalized spacial score (nSPS) is 32.9. The Morgan fingerprint density at radius 3 is 1.53 bits per heavy atom. The van der Waals surface area contributed by atoms with Gasteiger partial charge in [0, 0.05) is 6.42 Å². The maximum atomic E-state index is 12.4. The van der Waals surface area contributed by atoms with Crippen molar-refractivity contribution < 1.29 is 4.79 Å². The molecule has 0 N–H and O–H groups in total. The summed E-state index contributed by atoms with van der Waals surface area (Å²) in [4.78, 5) is 12.4. The van der Waals surface area contributed by atoms with E-state index in [0.717, 1.165) is 6.42 Å². The van der Waals surface area contributed by atoms with Crippen LogP contribution in [-0.2, 0) is 4.79 Å². The first-order valence-electron chi connectivity index (χ1n) is 5.38. The summed E-state index contributed by atoms with van der Waals surface area (Å²) in [6.45, 7) is 0. The maximum absolute atomic E-state index is 12.4. The van der Waals surface area contributed by atoms with Gasteiger partial charge in [-0.25, -0.2) is 0 Å². The molecule has 15 heavy (non-hydrogen) atoms. The fourth-order valence-electron chi connectivity index (χ4n) is 2.27.